The van der Waals surface area contributed by atoms with Crippen LogP contribution in [0.25, 0.3) is 0 Å². The first-order valence-corrected chi connectivity index (χ1v) is 11.1. The average molecular weight is 373 g/mol. The second-order valence-corrected chi connectivity index (χ2v) is 10.5. The summed E-state index contributed by atoms with van der Waals surface area (Å²) in [4.78, 5) is 24.7. The Hall–Kier alpha value is -1.12. The first kappa shape index (κ1) is 19.2. The van der Waals surface area contributed by atoms with Crippen LogP contribution in [0.4, 0.5) is 0 Å². The van der Waals surface area contributed by atoms with E-state index in [1.165, 1.54) is 32.6 Å². The summed E-state index contributed by atoms with van der Waals surface area (Å²) in [7, 11) is 0. The topological polar surface area (TPSA) is 43.4 Å². The second-order valence-electron chi connectivity index (χ2n) is 10.5. The molecule has 1 unspecified atom stereocenters. The van der Waals surface area contributed by atoms with Gasteiger partial charge in [0.05, 0.1) is 0 Å². The van der Waals surface area contributed by atoms with E-state index in [1.54, 1.807) is 12.5 Å². The molecule has 4 rings (SSSR count). The van der Waals surface area contributed by atoms with Crippen LogP contribution in [-0.4, -0.2) is 17.4 Å². The van der Waals surface area contributed by atoms with E-state index in [0.29, 0.717) is 29.6 Å². The summed E-state index contributed by atoms with van der Waals surface area (Å²) in [6.07, 6.45) is 11.5. The summed E-state index contributed by atoms with van der Waals surface area (Å²) in [5.41, 5.74) is 0.943. The average Bonchev–Trinajstić information content (AvgIpc) is 2.88. The van der Waals surface area contributed by atoms with Crippen LogP contribution in [0, 0.1) is 34.5 Å². The molecular formula is C24H36O3. The van der Waals surface area contributed by atoms with Crippen molar-refractivity contribution in [3.05, 3.63) is 11.6 Å². The van der Waals surface area contributed by atoms with Gasteiger partial charge in [-0.3, -0.25) is 9.59 Å². The molecule has 0 saturated heterocycles. The fourth-order valence-electron chi connectivity index (χ4n) is 8.27. The molecule has 4 aliphatic rings. The number of Topliss-reactive ketones (excluding diaryl/α,β-unsaturated/α-hetero) is 1. The van der Waals surface area contributed by atoms with E-state index in [-0.39, 0.29) is 17.2 Å². The number of allylic oxidation sites excluding steroid dienone is 2. The summed E-state index contributed by atoms with van der Waals surface area (Å²) in [5.74, 6) is 2.24. The SMILES string of the molecule is CC(=O)O[C@]1(C(C)=O)CCC2[C@@H]3C[C@H](C)C4=CCCC[C@]4(C)[C@H]3CC[C@@]21C. The number of fused-ring (bicyclic) bond motifs is 5. The Morgan fingerprint density at radius 2 is 1.78 bits per heavy atom. The molecule has 3 heteroatoms. The third-order valence-corrected chi connectivity index (χ3v) is 9.34. The molecule has 0 spiro atoms. The molecule has 0 aromatic rings. The van der Waals surface area contributed by atoms with Gasteiger partial charge in [0.1, 0.15) is 0 Å². The van der Waals surface area contributed by atoms with E-state index in [4.69, 9.17) is 4.74 Å². The highest BCUT2D eigenvalue weighted by Crippen LogP contribution is 2.69. The molecule has 0 aromatic heterocycles. The molecule has 0 aliphatic heterocycles. The number of rotatable bonds is 2. The van der Waals surface area contributed by atoms with Crippen LogP contribution < -0.4 is 0 Å². The summed E-state index contributed by atoms with van der Waals surface area (Å²) in [6, 6.07) is 0. The third-order valence-electron chi connectivity index (χ3n) is 9.34. The van der Waals surface area contributed by atoms with Crippen molar-refractivity contribution in [1.82, 2.24) is 0 Å². The van der Waals surface area contributed by atoms with E-state index >= 15 is 0 Å². The predicted octanol–water partition coefficient (Wildman–Crippen LogP) is 5.48. The van der Waals surface area contributed by atoms with Crippen LogP contribution >= 0.6 is 0 Å². The Morgan fingerprint density at radius 1 is 1.07 bits per heavy atom. The monoisotopic (exact) mass is 372 g/mol. The largest absolute Gasteiger partial charge is 0.451 e. The van der Waals surface area contributed by atoms with Gasteiger partial charge in [0, 0.05) is 12.3 Å². The Bertz CT molecular complexity index is 694. The van der Waals surface area contributed by atoms with Gasteiger partial charge in [-0.2, -0.15) is 0 Å². The van der Waals surface area contributed by atoms with Gasteiger partial charge in [-0.15, -0.1) is 0 Å². The smallest absolute Gasteiger partial charge is 0.303 e. The normalized spacial score (nSPS) is 48.7. The second kappa shape index (κ2) is 6.19. The highest BCUT2D eigenvalue weighted by Gasteiger charge is 2.68. The van der Waals surface area contributed by atoms with Crippen LogP contribution in [0.5, 0.6) is 0 Å². The van der Waals surface area contributed by atoms with Crippen LogP contribution in [0.15, 0.2) is 11.6 Å². The maximum Gasteiger partial charge on any atom is 0.303 e. The van der Waals surface area contributed by atoms with Gasteiger partial charge in [-0.25, -0.2) is 0 Å². The lowest BCUT2D eigenvalue weighted by atomic mass is 9.45. The van der Waals surface area contributed by atoms with Crippen LogP contribution in [0.1, 0.15) is 86.0 Å². The van der Waals surface area contributed by atoms with Crippen molar-refractivity contribution >= 4 is 11.8 Å². The van der Waals surface area contributed by atoms with Crippen LogP contribution in [-0.2, 0) is 14.3 Å². The van der Waals surface area contributed by atoms with E-state index in [0.717, 1.165) is 25.2 Å². The molecule has 7 atom stereocenters. The standard InChI is InChI=1S/C24H36O3/c1-15-14-18-20(22(4)11-7-6-8-19(15)22)9-12-23(5)21(18)10-13-24(23,16(2)25)27-17(3)26/h8,15,18,20-21H,6-7,9-14H2,1-5H3/t15-,18+,20-,21?,22-,23-,24-/m0/s1. The third kappa shape index (κ3) is 2.45. The zero-order valence-corrected chi connectivity index (χ0v) is 17.8. The van der Waals surface area contributed by atoms with Gasteiger partial charge in [-0.05, 0) is 87.4 Å². The molecule has 3 fully saturated rings. The summed E-state index contributed by atoms with van der Waals surface area (Å²) in [6.45, 7) is 10.3. The fourth-order valence-corrected chi connectivity index (χ4v) is 8.27. The number of carbonyl (C=O) groups excluding carboxylic acids is 2. The quantitative estimate of drug-likeness (QED) is 0.476. The number of hydrogen-bond donors (Lipinski definition) is 0. The van der Waals surface area contributed by atoms with Gasteiger partial charge < -0.3 is 4.74 Å². The Kier molecular flexibility index (Phi) is 4.40. The van der Waals surface area contributed by atoms with Crippen molar-refractivity contribution in [2.75, 3.05) is 0 Å². The number of ether oxygens (including phenoxy) is 1. The number of ketones is 1. The lowest BCUT2D eigenvalue weighted by molar-refractivity contribution is -0.187. The van der Waals surface area contributed by atoms with Crippen molar-refractivity contribution in [2.45, 2.75) is 91.6 Å². The summed E-state index contributed by atoms with van der Waals surface area (Å²) < 4.78 is 5.87. The van der Waals surface area contributed by atoms with Crippen molar-refractivity contribution in [3.8, 4) is 0 Å². The first-order chi connectivity index (χ1) is 12.7. The fraction of sp³-hybridized carbons (Fsp3) is 0.833. The maximum absolute atomic E-state index is 12.8. The Morgan fingerprint density at radius 3 is 2.44 bits per heavy atom. The first-order valence-electron chi connectivity index (χ1n) is 11.1. The minimum Gasteiger partial charge on any atom is -0.451 e. The highest BCUT2D eigenvalue weighted by atomic mass is 16.6. The molecule has 0 N–H and O–H groups in total. The summed E-state index contributed by atoms with van der Waals surface area (Å²) >= 11 is 0. The van der Waals surface area contributed by atoms with Gasteiger partial charge in [0.15, 0.2) is 11.4 Å². The van der Waals surface area contributed by atoms with Crippen LogP contribution in [0.3, 0.4) is 0 Å². The molecular weight excluding hydrogens is 336 g/mol. The minimum atomic E-state index is -0.901. The highest BCUT2D eigenvalue weighted by molar-refractivity contribution is 5.89. The van der Waals surface area contributed by atoms with Gasteiger partial charge in [-0.1, -0.05) is 32.4 Å². The van der Waals surface area contributed by atoms with E-state index < -0.39 is 5.60 Å². The minimum absolute atomic E-state index is 0.0504. The molecule has 0 aromatic carbocycles. The summed E-state index contributed by atoms with van der Waals surface area (Å²) in [5, 5.41) is 0. The van der Waals surface area contributed by atoms with Gasteiger partial charge in [0.25, 0.3) is 0 Å². The lowest BCUT2D eigenvalue weighted by Gasteiger charge is -2.60. The van der Waals surface area contributed by atoms with Crippen molar-refractivity contribution in [1.29, 1.82) is 0 Å². The van der Waals surface area contributed by atoms with Crippen LogP contribution in [0.2, 0.25) is 0 Å². The van der Waals surface area contributed by atoms with E-state index in [1.807, 2.05) is 0 Å². The molecule has 0 radical (unpaired) electrons. The Balaban J connectivity index is 1.73. The van der Waals surface area contributed by atoms with Gasteiger partial charge >= 0.3 is 5.97 Å². The van der Waals surface area contributed by atoms with E-state index in [2.05, 4.69) is 26.8 Å². The molecule has 150 valence electrons. The molecule has 0 heterocycles. The maximum atomic E-state index is 12.8. The lowest BCUT2D eigenvalue weighted by Crippen LogP contribution is -2.59. The molecule has 3 nitrogen and oxygen atoms in total. The number of esters is 1. The zero-order chi connectivity index (χ0) is 19.6. The number of carbonyl (C=O) groups is 2. The molecule has 27 heavy (non-hydrogen) atoms. The molecule has 0 bridgehead atoms. The van der Waals surface area contributed by atoms with E-state index in [9.17, 15) is 9.59 Å². The molecule has 3 saturated carbocycles. The Labute approximate surface area is 164 Å². The van der Waals surface area contributed by atoms with Crippen molar-refractivity contribution in [2.24, 2.45) is 34.5 Å². The zero-order valence-electron chi connectivity index (χ0n) is 17.8. The predicted molar refractivity (Wildman–Crippen MR) is 106 cm³/mol. The molecule has 0 amide bonds. The van der Waals surface area contributed by atoms with Crippen molar-refractivity contribution in [3.63, 3.8) is 0 Å². The number of hydrogen-bond acceptors (Lipinski definition) is 3. The molecule has 4 aliphatic carbocycles. The van der Waals surface area contributed by atoms with Crippen molar-refractivity contribution < 1.29 is 14.3 Å². The van der Waals surface area contributed by atoms with Gasteiger partial charge in [0.2, 0.25) is 0 Å².